The molecular formula is C13H12Br2N2OZn. The van der Waals surface area contributed by atoms with E-state index in [9.17, 15) is 5.21 Å². The Kier molecular flexibility index (Phi) is 8.88. The minimum atomic E-state index is -0.250. The molecule has 1 heterocycles. The molecule has 0 bridgehead atoms. The van der Waals surface area contributed by atoms with Crippen LogP contribution in [0.5, 0.6) is 0 Å². The van der Waals surface area contributed by atoms with Gasteiger partial charge in [-0.15, -0.1) is 0 Å². The van der Waals surface area contributed by atoms with Crippen LogP contribution in [0.15, 0.2) is 54.7 Å². The van der Waals surface area contributed by atoms with Gasteiger partial charge in [0.1, 0.15) is 5.69 Å². The smallest absolute Gasteiger partial charge is 0.200 e. The van der Waals surface area contributed by atoms with Crippen LogP contribution in [0.25, 0.3) is 0 Å². The van der Waals surface area contributed by atoms with Gasteiger partial charge >= 0.3 is 40.5 Å². The standard InChI is InChI=1S/C13H12N2O.2BrH.Zn/c16-15(10-12-6-2-1-3-7-12)11-13-8-4-5-9-14-13;;;/h1-9,11H,10H2;2*1H;/q;;;+2/p-2/b15-11-;;;. The fraction of sp³-hybridized carbons (Fsp3) is 0.0769. The summed E-state index contributed by atoms with van der Waals surface area (Å²) in [6.45, 7) is 0.345. The molecule has 0 saturated heterocycles. The molecule has 19 heavy (non-hydrogen) atoms. The number of halogens is 2. The quantitative estimate of drug-likeness (QED) is 0.240. The molecule has 0 aliphatic carbocycles. The van der Waals surface area contributed by atoms with Gasteiger partial charge in [-0.2, -0.15) is 0 Å². The number of pyridine rings is 1. The molecule has 0 unspecified atom stereocenters. The van der Waals surface area contributed by atoms with Crippen molar-refractivity contribution in [1.29, 1.82) is 0 Å². The van der Waals surface area contributed by atoms with Crippen molar-refractivity contribution in [2.45, 2.75) is 6.54 Å². The van der Waals surface area contributed by atoms with Gasteiger partial charge < -0.3 is 5.21 Å². The summed E-state index contributed by atoms with van der Waals surface area (Å²) >= 11 is 6.25. The van der Waals surface area contributed by atoms with Crippen molar-refractivity contribution in [3.63, 3.8) is 0 Å². The predicted octanol–water partition coefficient (Wildman–Crippen LogP) is 3.90. The summed E-state index contributed by atoms with van der Waals surface area (Å²) in [5.74, 6) is 0. The molecule has 0 fully saturated rings. The first-order chi connectivity index (χ1) is 9.26. The van der Waals surface area contributed by atoms with Crippen LogP contribution in [-0.2, 0) is 19.8 Å². The second-order valence-corrected chi connectivity index (χ2v) is 17.6. The van der Waals surface area contributed by atoms with E-state index in [0.29, 0.717) is 12.2 Å². The van der Waals surface area contributed by atoms with Crippen LogP contribution in [0.3, 0.4) is 0 Å². The fourth-order valence-corrected chi connectivity index (χ4v) is 1.41. The summed E-state index contributed by atoms with van der Waals surface area (Å²) in [5, 5.41) is 11.6. The molecule has 1 aromatic carbocycles. The summed E-state index contributed by atoms with van der Waals surface area (Å²) in [6, 6.07) is 15.1. The molecule has 0 radical (unpaired) electrons. The average molecular weight is 437 g/mol. The molecule has 2 aromatic rings. The molecule has 2 rings (SSSR count). The monoisotopic (exact) mass is 434 g/mol. The maximum absolute atomic E-state index is 11.6. The molecule has 0 amide bonds. The molecule has 0 saturated carbocycles. The molecule has 96 valence electrons. The van der Waals surface area contributed by atoms with E-state index in [1.807, 2.05) is 42.5 Å². The van der Waals surface area contributed by atoms with Crippen LogP contribution in [0, 0.1) is 5.21 Å². The maximum Gasteiger partial charge on any atom is 0.200 e. The van der Waals surface area contributed by atoms with Crippen LogP contribution >= 0.6 is 27.2 Å². The van der Waals surface area contributed by atoms with Crippen molar-refractivity contribution in [1.82, 2.24) is 4.98 Å². The van der Waals surface area contributed by atoms with Crippen LogP contribution in [0.4, 0.5) is 0 Å². The SMILES string of the molecule is [Br][Zn][Br].[O-]/[N+](=C\c1ccccn1)Cc1ccccc1. The van der Waals surface area contributed by atoms with Crippen molar-refractivity contribution in [2.75, 3.05) is 0 Å². The number of hydroxylamine groups is 1. The van der Waals surface area contributed by atoms with Crippen molar-refractivity contribution in [3.05, 3.63) is 71.2 Å². The third-order valence-corrected chi connectivity index (χ3v) is 2.15. The molecule has 0 aliphatic rings. The van der Waals surface area contributed by atoms with Crippen LogP contribution in [0.1, 0.15) is 11.3 Å². The minimum Gasteiger partial charge on any atom is -0.623 e. The number of nitrogens with zero attached hydrogens (tertiary/aromatic N) is 2. The van der Waals surface area contributed by atoms with Crippen molar-refractivity contribution in [2.24, 2.45) is 0 Å². The Bertz CT molecular complexity index is 495. The van der Waals surface area contributed by atoms with E-state index in [1.165, 1.54) is 6.21 Å². The second kappa shape index (κ2) is 10.2. The van der Waals surface area contributed by atoms with E-state index >= 15 is 0 Å². The van der Waals surface area contributed by atoms with E-state index in [1.54, 1.807) is 12.3 Å². The van der Waals surface area contributed by atoms with Crippen LogP contribution < -0.4 is 0 Å². The first-order valence-corrected chi connectivity index (χ1v) is 19.5. The number of benzene rings is 1. The topological polar surface area (TPSA) is 39.0 Å². The zero-order valence-electron chi connectivity index (χ0n) is 10.2. The average Bonchev–Trinajstić information content (AvgIpc) is 2.41. The number of hydrogen-bond acceptors (Lipinski definition) is 2. The number of aromatic nitrogens is 1. The van der Waals surface area contributed by atoms with Gasteiger partial charge in [0.15, 0.2) is 6.54 Å². The fourth-order valence-electron chi connectivity index (χ4n) is 1.41. The van der Waals surface area contributed by atoms with E-state index in [2.05, 4.69) is 32.2 Å². The Morgan fingerprint density at radius 3 is 2.32 bits per heavy atom. The van der Waals surface area contributed by atoms with Gasteiger partial charge in [0.25, 0.3) is 0 Å². The summed E-state index contributed by atoms with van der Waals surface area (Å²) in [5.41, 5.74) is 1.66. The van der Waals surface area contributed by atoms with E-state index in [0.717, 1.165) is 10.3 Å². The van der Waals surface area contributed by atoms with Crippen molar-refractivity contribution < 1.29 is 17.9 Å². The van der Waals surface area contributed by atoms with Gasteiger partial charge in [-0.1, -0.05) is 36.4 Å². The number of hydrogen-bond donors (Lipinski definition) is 0. The van der Waals surface area contributed by atoms with Gasteiger partial charge in [0, 0.05) is 11.8 Å². The molecule has 0 aliphatic heterocycles. The summed E-state index contributed by atoms with van der Waals surface area (Å²) in [7, 11) is 0. The van der Waals surface area contributed by atoms with E-state index < -0.39 is 0 Å². The number of rotatable bonds is 3. The Hall–Kier alpha value is -0.577. The largest absolute Gasteiger partial charge is 0.623 e. The molecular weight excluding hydrogens is 425 g/mol. The Morgan fingerprint density at radius 1 is 1.11 bits per heavy atom. The summed E-state index contributed by atoms with van der Waals surface area (Å²) < 4.78 is 0.887. The zero-order valence-corrected chi connectivity index (χ0v) is 16.4. The third kappa shape index (κ3) is 7.55. The molecule has 6 heteroatoms. The Morgan fingerprint density at radius 2 is 1.74 bits per heavy atom. The van der Waals surface area contributed by atoms with Crippen LogP contribution in [-0.4, -0.2) is 15.9 Å². The van der Waals surface area contributed by atoms with Gasteiger partial charge in [0.05, 0.1) is 0 Å². The minimum absolute atomic E-state index is 0.250. The summed E-state index contributed by atoms with van der Waals surface area (Å²) in [4.78, 5) is 4.06. The Labute approximate surface area is 133 Å². The van der Waals surface area contributed by atoms with Crippen molar-refractivity contribution >= 4 is 33.5 Å². The Balaban J connectivity index is 0.000000550. The first kappa shape index (κ1) is 16.5. The van der Waals surface area contributed by atoms with Gasteiger partial charge in [-0.3, -0.25) is 4.98 Å². The maximum atomic E-state index is 11.6. The van der Waals surface area contributed by atoms with Crippen molar-refractivity contribution in [3.8, 4) is 0 Å². The van der Waals surface area contributed by atoms with E-state index in [4.69, 9.17) is 0 Å². The van der Waals surface area contributed by atoms with E-state index in [-0.39, 0.29) is 13.2 Å². The predicted molar refractivity (Wildman–Crippen MR) is 81.0 cm³/mol. The first-order valence-electron chi connectivity index (χ1n) is 5.61. The molecule has 3 nitrogen and oxygen atoms in total. The summed E-state index contributed by atoms with van der Waals surface area (Å²) in [6.07, 6.45) is 3.16. The molecule has 0 spiro atoms. The molecule has 0 atom stereocenters. The normalized spacial score (nSPS) is 10.1. The van der Waals surface area contributed by atoms with Crippen LogP contribution in [0.2, 0.25) is 0 Å². The zero-order chi connectivity index (χ0) is 13.9. The molecule has 1 aromatic heterocycles. The second-order valence-electron chi connectivity index (χ2n) is 3.55. The van der Waals surface area contributed by atoms with Gasteiger partial charge in [-0.25, -0.2) is 4.74 Å². The molecule has 0 N–H and O–H groups in total. The van der Waals surface area contributed by atoms with Gasteiger partial charge in [-0.05, 0) is 12.1 Å². The third-order valence-electron chi connectivity index (χ3n) is 2.15. The van der Waals surface area contributed by atoms with Gasteiger partial charge in [0.2, 0.25) is 6.21 Å².